The zero-order chi connectivity index (χ0) is 18.4. The van der Waals surface area contributed by atoms with Crippen LogP contribution in [0.2, 0.25) is 0 Å². The Kier molecular flexibility index (Phi) is 6.04. The lowest BCUT2D eigenvalue weighted by Gasteiger charge is -2.30. The second-order valence-corrected chi connectivity index (χ2v) is 6.86. The Morgan fingerprint density at radius 2 is 1.96 bits per heavy atom. The number of hydrogen-bond acceptors (Lipinski definition) is 4. The van der Waals surface area contributed by atoms with E-state index >= 15 is 0 Å². The molecule has 1 atom stereocenters. The number of fused-ring (bicyclic) bond motifs is 1. The Bertz CT molecular complexity index is 766. The van der Waals surface area contributed by atoms with Gasteiger partial charge in [-0.2, -0.15) is 0 Å². The topological polar surface area (TPSA) is 94.3 Å². The normalized spacial score (nSPS) is 16.2. The number of nitrogens with two attached hydrogens (primary N) is 1. The maximum absolute atomic E-state index is 12.4. The smallest absolute Gasteiger partial charge is 0.258 e. The van der Waals surface area contributed by atoms with Crippen LogP contribution in [0.1, 0.15) is 38.5 Å². The molecule has 2 amide bonds. The van der Waals surface area contributed by atoms with Crippen molar-refractivity contribution in [1.29, 1.82) is 0 Å². The number of nitrogens with one attached hydrogen (secondary N) is 1. The average molecular weight is 355 g/mol. The van der Waals surface area contributed by atoms with Gasteiger partial charge in [-0.1, -0.05) is 37.5 Å². The predicted octanol–water partition coefficient (Wildman–Crippen LogP) is 2.55. The highest BCUT2D eigenvalue weighted by atomic mass is 16.5. The maximum atomic E-state index is 12.4. The molecule has 3 N–H and O–H groups in total. The van der Waals surface area contributed by atoms with Crippen molar-refractivity contribution in [2.24, 2.45) is 11.7 Å². The van der Waals surface area contributed by atoms with Crippen LogP contribution in [0.3, 0.4) is 0 Å². The predicted molar refractivity (Wildman–Crippen MR) is 99.6 cm³/mol. The van der Waals surface area contributed by atoms with Gasteiger partial charge in [-0.15, -0.1) is 0 Å². The number of nitrogens with zero attached hydrogens (tertiary/aromatic N) is 1. The number of rotatable bonds is 7. The summed E-state index contributed by atoms with van der Waals surface area (Å²) in [5, 5.41) is 3.91. The average Bonchev–Trinajstić information content (AvgIpc) is 2.66. The van der Waals surface area contributed by atoms with Crippen LogP contribution in [0.15, 0.2) is 36.5 Å². The van der Waals surface area contributed by atoms with Crippen LogP contribution in [-0.2, 0) is 9.59 Å². The minimum absolute atomic E-state index is 0.113. The van der Waals surface area contributed by atoms with Gasteiger partial charge in [0, 0.05) is 24.0 Å². The molecule has 1 aliphatic rings. The van der Waals surface area contributed by atoms with Gasteiger partial charge in [0.05, 0.1) is 0 Å². The third-order valence-electron chi connectivity index (χ3n) is 4.94. The second-order valence-electron chi connectivity index (χ2n) is 6.86. The highest BCUT2D eigenvalue weighted by Gasteiger charge is 2.26. The number of carbonyl (C=O) groups is 2. The number of primary amides is 1. The number of ether oxygens (including phenoxy) is 1. The summed E-state index contributed by atoms with van der Waals surface area (Å²) in [6, 6.07) is 9.20. The van der Waals surface area contributed by atoms with Gasteiger partial charge in [0.15, 0.2) is 6.61 Å². The van der Waals surface area contributed by atoms with Gasteiger partial charge in [-0.05, 0) is 30.9 Å². The number of amides is 2. The molecule has 6 nitrogen and oxygen atoms in total. The third-order valence-corrected chi connectivity index (χ3v) is 4.94. The summed E-state index contributed by atoms with van der Waals surface area (Å²) < 4.78 is 5.68. The van der Waals surface area contributed by atoms with E-state index in [9.17, 15) is 9.59 Å². The van der Waals surface area contributed by atoms with E-state index in [0.29, 0.717) is 11.7 Å². The van der Waals surface area contributed by atoms with Crippen LogP contribution in [0.4, 0.5) is 0 Å². The summed E-state index contributed by atoms with van der Waals surface area (Å²) in [6.07, 6.45) is 7.39. The number of para-hydroxylation sites is 1. The lowest BCUT2D eigenvalue weighted by Crippen LogP contribution is -2.45. The Hall–Kier alpha value is -2.63. The Balaban J connectivity index is 1.61. The van der Waals surface area contributed by atoms with Crippen molar-refractivity contribution in [3.8, 4) is 5.75 Å². The van der Waals surface area contributed by atoms with Crippen LogP contribution < -0.4 is 15.8 Å². The van der Waals surface area contributed by atoms with Gasteiger partial charge in [-0.25, -0.2) is 0 Å². The number of hydrogen-bond donors (Lipinski definition) is 2. The van der Waals surface area contributed by atoms with E-state index in [1.54, 1.807) is 12.3 Å². The molecular formula is C20H25N3O3. The molecular weight excluding hydrogens is 330 g/mol. The summed E-state index contributed by atoms with van der Waals surface area (Å²) in [5.41, 5.74) is 6.10. The molecule has 0 saturated heterocycles. The molecule has 6 heteroatoms. The second kappa shape index (κ2) is 8.65. The first-order valence-electron chi connectivity index (χ1n) is 9.17. The van der Waals surface area contributed by atoms with Crippen molar-refractivity contribution < 1.29 is 14.3 Å². The van der Waals surface area contributed by atoms with E-state index in [2.05, 4.69) is 10.3 Å². The fourth-order valence-electron chi connectivity index (χ4n) is 3.67. The van der Waals surface area contributed by atoms with Gasteiger partial charge in [0.25, 0.3) is 5.91 Å². The van der Waals surface area contributed by atoms with Crippen molar-refractivity contribution in [3.63, 3.8) is 0 Å². The fraction of sp³-hybridized carbons (Fsp3) is 0.450. The molecule has 1 aromatic carbocycles. The van der Waals surface area contributed by atoms with Crippen LogP contribution >= 0.6 is 0 Å². The van der Waals surface area contributed by atoms with Crippen LogP contribution in [-0.4, -0.2) is 29.4 Å². The first-order valence-corrected chi connectivity index (χ1v) is 9.17. The minimum atomic E-state index is -0.389. The quantitative estimate of drug-likeness (QED) is 0.798. The monoisotopic (exact) mass is 355 g/mol. The number of benzene rings is 1. The molecule has 1 aromatic heterocycles. The number of aromatic nitrogens is 1. The van der Waals surface area contributed by atoms with Gasteiger partial charge in [0.1, 0.15) is 11.3 Å². The molecule has 0 spiro atoms. The molecule has 0 aliphatic heterocycles. The maximum Gasteiger partial charge on any atom is 0.258 e. The van der Waals surface area contributed by atoms with Gasteiger partial charge in [0.2, 0.25) is 5.91 Å². The van der Waals surface area contributed by atoms with Crippen LogP contribution in [0.5, 0.6) is 5.75 Å². The van der Waals surface area contributed by atoms with Crippen LogP contribution in [0, 0.1) is 5.92 Å². The van der Waals surface area contributed by atoms with Crippen molar-refractivity contribution >= 4 is 22.7 Å². The molecule has 3 rings (SSSR count). The Morgan fingerprint density at radius 3 is 2.73 bits per heavy atom. The summed E-state index contributed by atoms with van der Waals surface area (Å²) in [6.45, 7) is -0.113. The molecule has 138 valence electrons. The third kappa shape index (κ3) is 4.71. The standard InChI is InChI=1S/C20H25N3O3/c21-18(24)12-16(14-6-2-1-3-7-14)23-19(25)13-26-17-10-4-8-15-9-5-11-22-20(15)17/h4-5,8-11,14,16H,1-3,6-7,12-13H2,(H2,21,24)(H,23,25)/t16-/m1/s1. The zero-order valence-electron chi connectivity index (χ0n) is 14.8. The van der Waals surface area contributed by atoms with Crippen molar-refractivity contribution in [2.45, 2.75) is 44.6 Å². The molecule has 0 unspecified atom stereocenters. The number of pyridine rings is 1. The zero-order valence-corrected chi connectivity index (χ0v) is 14.8. The molecule has 1 heterocycles. The van der Waals surface area contributed by atoms with Crippen molar-refractivity contribution in [1.82, 2.24) is 10.3 Å². The largest absolute Gasteiger partial charge is 0.481 e. The van der Waals surface area contributed by atoms with E-state index < -0.39 is 0 Å². The van der Waals surface area contributed by atoms with Gasteiger partial charge >= 0.3 is 0 Å². The molecule has 0 bridgehead atoms. The first-order chi connectivity index (χ1) is 12.6. The van der Waals surface area contributed by atoms with E-state index in [4.69, 9.17) is 10.5 Å². The van der Waals surface area contributed by atoms with Crippen LogP contribution in [0.25, 0.3) is 10.9 Å². The highest BCUT2D eigenvalue weighted by Crippen LogP contribution is 2.28. The molecule has 1 aliphatic carbocycles. The Morgan fingerprint density at radius 1 is 1.19 bits per heavy atom. The van der Waals surface area contributed by atoms with E-state index in [0.717, 1.165) is 36.6 Å². The van der Waals surface area contributed by atoms with E-state index in [-0.39, 0.29) is 30.9 Å². The first kappa shape index (κ1) is 18.2. The Labute approximate surface area is 153 Å². The van der Waals surface area contributed by atoms with Gasteiger partial charge in [-0.3, -0.25) is 14.6 Å². The molecule has 0 radical (unpaired) electrons. The fourth-order valence-corrected chi connectivity index (χ4v) is 3.67. The van der Waals surface area contributed by atoms with Crippen molar-refractivity contribution in [3.05, 3.63) is 36.5 Å². The summed E-state index contributed by atoms with van der Waals surface area (Å²) in [4.78, 5) is 28.1. The summed E-state index contributed by atoms with van der Waals surface area (Å²) in [7, 11) is 0. The van der Waals surface area contributed by atoms with E-state index in [1.165, 1.54) is 6.42 Å². The summed E-state index contributed by atoms with van der Waals surface area (Å²) >= 11 is 0. The minimum Gasteiger partial charge on any atom is -0.481 e. The van der Waals surface area contributed by atoms with E-state index in [1.807, 2.05) is 24.3 Å². The molecule has 26 heavy (non-hydrogen) atoms. The highest BCUT2D eigenvalue weighted by molar-refractivity contribution is 5.85. The van der Waals surface area contributed by atoms with Crippen molar-refractivity contribution in [2.75, 3.05) is 6.61 Å². The molecule has 1 saturated carbocycles. The molecule has 1 fully saturated rings. The van der Waals surface area contributed by atoms with Gasteiger partial charge < -0.3 is 15.8 Å². The summed E-state index contributed by atoms with van der Waals surface area (Å²) in [5.74, 6) is 0.247. The lowest BCUT2D eigenvalue weighted by atomic mass is 9.82. The number of carbonyl (C=O) groups excluding carboxylic acids is 2. The molecule has 2 aromatic rings. The lowest BCUT2D eigenvalue weighted by molar-refractivity contribution is -0.125. The SMILES string of the molecule is NC(=O)C[C@@H](NC(=O)COc1cccc2cccnc12)C1CCCCC1.